The Kier molecular flexibility index (Phi) is 75.3. The van der Waals surface area contributed by atoms with Gasteiger partial charge in [-0.15, -0.1) is 0 Å². The van der Waals surface area contributed by atoms with Crippen LogP contribution in [0.3, 0.4) is 0 Å². The average Bonchev–Trinajstić information content (AvgIpc) is 1.54. The molecule has 0 amide bonds. The van der Waals surface area contributed by atoms with Crippen molar-refractivity contribution in [3.8, 4) is 0 Å². The van der Waals surface area contributed by atoms with E-state index in [4.69, 9.17) is 44.2 Å². The van der Waals surface area contributed by atoms with E-state index in [-0.39, 0.29) is 58.7 Å². The van der Waals surface area contributed by atoms with E-state index >= 15 is 0 Å². The molecular formula is C114H219ClO12Si3. The molecule has 0 aliphatic heterocycles. The molecule has 4 fully saturated rings. The summed E-state index contributed by atoms with van der Waals surface area (Å²) >= 11 is 5.45. The average molecular weight is 1900 g/mol. The fraction of sp³-hybridized carbons (Fsp3) is 0.895. The molecule has 766 valence electrons. The van der Waals surface area contributed by atoms with Crippen LogP contribution in [0.5, 0.6) is 0 Å². The lowest BCUT2D eigenvalue weighted by atomic mass is 9.83. The molecule has 16 heteroatoms. The van der Waals surface area contributed by atoms with Crippen molar-refractivity contribution in [3.05, 3.63) is 48.6 Å². The van der Waals surface area contributed by atoms with Crippen LogP contribution in [0.25, 0.3) is 0 Å². The predicted octanol–water partition coefficient (Wildman–Crippen LogP) is 35.0. The maximum Gasteiger partial charge on any atom is 0.306 e. The Morgan fingerprint density at radius 2 is 0.569 bits per heavy atom. The summed E-state index contributed by atoms with van der Waals surface area (Å²) in [7, 11) is -4.92. The summed E-state index contributed by atoms with van der Waals surface area (Å²) in [4.78, 5) is 45.9. The van der Waals surface area contributed by atoms with E-state index < -0.39 is 25.0 Å². The van der Waals surface area contributed by atoms with Gasteiger partial charge in [0.05, 0.1) is 24.4 Å². The van der Waals surface area contributed by atoms with Gasteiger partial charge in [0.2, 0.25) is 5.24 Å². The van der Waals surface area contributed by atoms with Crippen LogP contribution in [0, 0.1) is 71.0 Å². The Balaban J connectivity index is 0.00000169. The lowest BCUT2D eigenvalue weighted by molar-refractivity contribution is -0.148. The number of esters is 3. The number of hydrogen-bond donors (Lipinski definition) is 2. The number of unbranched alkanes of at least 4 members (excludes halogenated alkanes) is 24. The molecule has 2 N–H and O–H groups in total. The molecule has 0 aromatic carbocycles. The van der Waals surface area contributed by atoms with Crippen LogP contribution in [0.1, 0.15) is 481 Å². The number of halogens is 1. The molecule has 0 aromatic heterocycles. The Hall–Kier alpha value is -2.22. The SMILES string of the molecule is CC(C)O.CCCCCCCC[C@@H]1[C@@H](C/C=C\CCCC(=O)Cl)[C@@H](C)C[C@H]1O[Si](CC)(CC)CC.CCCCCCCC[C@@H]1[C@@H](C/C=C\CCCC(=O)OC(C)C)[C@@H](C)C[C@H]1O.CCCCCCCC[C@@H]1[C@@H](C/C=C\CCCC(=O)OC(C)C)[C@@H](C)C[C@H]1O[Si](C)(C)C(C)(C)C.CCCCCCCC[C@@H]1[C@@H](C/C=C\CCCC(=O)OC(C)C)[C@@H](C)C[C@H]1O[Si](CC)(CC)CC. The van der Waals surface area contributed by atoms with Crippen LogP contribution < -0.4 is 0 Å². The first-order chi connectivity index (χ1) is 61.8. The van der Waals surface area contributed by atoms with Crippen LogP contribution in [0.4, 0.5) is 0 Å². The zero-order chi connectivity index (χ0) is 97.9. The minimum atomic E-state index is -1.77. The molecule has 4 aliphatic carbocycles. The van der Waals surface area contributed by atoms with Crippen molar-refractivity contribution in [1.29, 1.82) is 0 Å². The van der Waals surface area contributed by atoms with Crippen molar-refractivity contribution in [1.82, 2.24) is 0 Å². The smallest absolute Gasteiger partial charge is 0.306 e. The third-order valence-electron chi connectivity index (χ3n) is 30.4. The maximum absolute atomic E-state index is 11.7. The van der Waals surface area contributed by atoms with E-state index in [0.717, 1.165) is 107 Å². The number of ether oxygens (including phenoxy) is 3. The first-order valence-electron chi connectivity index (χ1n) is 55.6. The highest BCUT2D eigenvalue weighted by Crippen LogP contribution is 2.51. The molecule has 0 bridgehead atoms. The molecule has 0 aromatic rings. The monoisotopic (exact) mass is 1900 g/mol. The quantitative estimate of drug-likeness (QED) is 0.0148. The second-order valence-electron chi connectivity index (χ2n) is 43.6. The van der Waals surface area contributed by atoms with Gasteiger partial charge < -0.3 is 37.7 Å². The number of carbonyl (C=O) groups excluding carboxylic acids is 4. The van der Waals surface area contributed by atoms with Gasteiger partial charge in [-0.3, -0.25) is 19.2 Å². The summed E-state index contributed by atoms with van der Waals surface area (Å²) in [5, 5.41) is 18.6. The second-order valence-corrected chi connectivity index (χ2v) is 58.3. The number of aliphatic hydroxyl groups is 2. The van der Waals surface area contributed by atoms with E-state index in [2.05, 4.69) is 179 Å². The number of aliphatic hydroxyl groups excluding tert-OH is 2. The highest BCUT2D eigenvalue weighted by molar-refractivity contribution is 6.74. The van der Waals surface area contributed by atoms with Crippen molar-refractivity contribution in [2.24, 2.45) is 71.0 Å². The van der Waals surface area contributed by atoms with Gasteiger partial charge >= 0.3 is 17.9 Å². The molecule has 0 saturated heterocycles. The van der Waals surface area contributed by atoms with E-state index in [1.165, 1.54) is 235 Å². The number of rotatable bonds is 67. The van der Waals surface area contributed by atoms with Gasteiger partial charge in [-0.1, -0.05) is 320 Å². The molecule has 0 radical (unpaired) electrons. The molecule has 4 rings (SSSR count). The van der Waals surface area contributed by atoms with Crippen LogP contribution in [-0.4, -0.2) is 107 Å². The fourth-order valence-corrected chi connectivity index (χ4v) is 28.4. The Bertz CT molecular complexity index is 2760. The zero-order valence-corrected chi connectivity index (χ0v) is 94.5. The van der Waals surface area contributed by atoms with Gasteiger partial charge in [-0.25, -0.2) is 0 Å². The Morgan fingerprint density at radius 3 is 0.815 bits per heavy atom. The standard InChI is InChI=1S/2C30H58O3Si.C27H51ClO2Si.C24H44O3.C3H8O/c1-10-11-12-13-14-18-21-27-26(20-17-15-16-19-22-29(31)32-24(2)3)25(4)23-28(27)33-34(8,9)30(5,6)7;1-8-12-13-14-15-19-22-28-27(21-18-16-17-20-23-30(31)32-25(5)6)26(7)24-29(28)33-34(9-2,10-3)11-4;1-6-10-11-12-13-17-20-25-24(19-16-14-15-18-21-27(28)29)23(5)22-26(25)30-31(7-2,8-3)9-4;1-5-6-7-8-9-13-16-22-21(20(4)18-23(22)25)15-12-10-11-14-17-24(26)27-19(2)3;1-3(2)4/h15,17,24-28H,10-14,16,18-23H2,1-9H3;16,18,25-29H,8-15,17,19-24H2,1-7H3;14,16,23-26H,6-13,15,17-22H2,1-5H3;10,12,19-23,25H,5-9,11,13-18H2,1-4H3;3-4H,1-2H3/b17-15-;18-16-;16-14-;12-10-;/t25-,26-,27+,28+;26-,27-,28+,29+;23-,24-,25+,26+;20-,21-,22+,23+;/m0000./s1. The highest BCUT2D eigenvalue weighted by Gasteiger charge is 2.49. The summed E-state index contributed by atoms with van der Waals surface area (Å²) < 4.78 is 36.9. The van der Waals surface area contributed by atoms with Crippen molar-refractivity contribution >= 4 is 59.7 Å². The van der Waals surface area contributed by atoms with Gasteiger partial charge in [0.1, 0.15) is 0 Å². The summed E-state index contributed by atoms with van der Waals surface area (Å²) in [6, 6.07) is 7.49. The van der Waals surface area contributed by atoms with E-state index in [1.807, 2.05) is 41.5 Å². The summed E-state index contributed by atoms with van der Waals surface area (Å²) in [6.07, 6.45) is 75.8. The fourth-order valence-electron chi connectivity index (χ4n) is 21.1. The third-order valence-corrected chi connectivity index (χ3v) is 44.4. The van der Waals surface area contributed by atoms with Gasteiger partial charge in [0.25, 0.3) is 0 Å². The van der Waals surface area contributed by atoms with E-state index in [0.29, 0.717) is 91.3 Å². The van der Waals surface area contributed by atoms with Crippen LogP contribution in [0.15, 0.2) is 48.6 Å². The lowest BCUT2D eigenvalue weighted by Gasteiger charge is -2.40. The molecule has 16 atom stereocenters. The summed E-state index contributed by atoms with van der Waals surface area (Å²) in [5.74, 6) is 7.94. The molecule has 0 spiro atoms. The largest absolute Gasteiger partial charge is 0.463 e. The molecule has 12 nitrogen and oxygen atoms in total. The van der Waals surface area contributed by atoms with Crippen molar-refractivity contribution in [2.45, 2.75) is 585 Å². The van der Waals surface area contributed by atoms with Gasteiger partial charge in [0.15, 0.2) is 25.0 Å². The van der Waals surface area contributed by atoms with Crippen molar-refractivity contribution in [3.63, 3.8) is 0 Å². The van der Waals surface area contributed by atoms with Gasteiger partial charge in [-0.05, 0) is 321 Å². The maximum atomic E-state index is 11.7. The topological polar surface area (TPSA) is 164 Å². The van der Waals surface area contributed by atoms with Gasteiger partial charge in [-0.2, -0.15) is 0 Å². The minimum absolute atomic E-state index is 0.0134. The number of carbonyl (C=O) groups is 4. The summed E-state index contributed by atoms with van der Waals surface area (Å²) in [5.41, 5.74) is 0. The molecular weight excluding hydrogens is 1680 g/mol. The second kappa shape index (κ2) is 76.6. The van der Waals surface area contributed by atoms with Crippen molar-refractivity contribution < 1.29 is 56.9 Å². The number of allylic oxidation sites excluding steroid dienone is 8. The lowest BCUT2D eigenvalue weighted by Crippen LogP contribution is -2.45. The minimum Gasteiger partial charge on any atom is -0.463 e. The normalized spacial score (nSPS) is 23.7. The molecule has 0 heterocycles. The van der Waals surface area contributed by atoms with E-state index in [9.17, 15) is 24.3 Å². The third kappa shape index (κ3) is 58.0. The Labute approximate surface area is 815 Å². The van der Waals surface area contributed by atoms with Crippen LogP contribution >= 0.6 is 11.6 Å². The van der Waals surface area contributed by atoms with E-state index in [1.54, 1.807) is 13.8 Å². The first-order valence-corrected chi connectivity index (χ1v) is 63.9. The zero-order valence-electron chi connectivity index (χ0n) is 90.7. The molecule has 0 unspecified atom stereocenters. The number of hydrogen-bond acceptors (Lipinski definition) is 12. The van der Waals surface area contributed by atoms with Crippen LogP contribution in [-0.2, 0) is 46.7 Å². The van der Waals surface area contributed by atoms with Crippen LogP contribution in [0.2, 0.25) is 54.4 Å². The molecule has 4 saturated carbocycles. The summed E-state index contributed by atoms with van der Waals surface area (Å²) in [6.45, 7) is 59.7. The predicted molar refractivity (Wildman–Crippen MR) is 570 cm³/mol. The Morgan fingerprint density at radius 1 is 0.338 bits per heavy atom. The molecule has 130 heavy (non-hydrogen) atoms. The highest BCUT2D eigenvalue weighted by atomic mass is 35.5. The van der Waals surface area contributed by atoms with Gasteiger partial charge in [0, 0.05) is 50.1 Å². The van der Waals surface area contributed by atoms with Crippen molar-refractivity contribution in [2.75, 3.05) is 0 Å². The first kappa shape index (κ1) is 128. The molecule has 4 aliphatic rings.